The SMILES string of the molecule is O=C(Nc1cccnc1)N(CCc1ccccc1)Cc1cccnc1. The van der Waals surface area contributed by atoms with E-state index in [1.54, 1.807) is 35.8 Å². The van der Waals surface area contributed by atoms with Crippen LogP contribution in [0, 0.1) is 0 Å². The summed E-state index contributed by atoms with van der Waals surface area (Å²) in [5.74, 6) is 0. The number of aromatic nitrogens is 2. The number of carbonyl (C=O) groups excluding carboxylic acids is 1. The van der Waals surface area contributed by atoms with Crippen molar-refractivity contribution in [1.29, 1.82) is 0 Å². The van der Waals surface area contributed by atoms with Crippen LogP contribution in [0.1, 0.15) is 11.1 Å². The predicted octanol–water partition coefficient (Wildman–Crippen LogP) is 3.75. The molecule has 5 nitrogen and oxygen atoms in total. The van der Waals surface area contributed by atoms with Crippen molar-refractivity contribution in [3.63, 3.8) is 0 Å². The van der Waals surface area contributed by atoms with Crippen molar-refractivity contribution in [3.8, 4) is 0 Å². The van der Waals surface area contributed by atoms with Crippen LogP contribution in [0.25, 0.3) is 0 Å². The highest BCUT2D eigenvalue weighted by Crippen LogP contribution is 2.10. The molecule has 5 heteroatoms. The van der Waals surface area contributed by atoms with E-state index in [4.69, 9.17) is 0 Å². The molecule has 3 rings (SSSR count). The van der Waals surface area contributed by atoms with Gasteiger partial charge in [-0.15, -0.1) is 0 Å². The number of carbonyl (C=O) groups is 1. The molecule has 0 saturated carbocycles. The third kappa shape index (κ3) is 5.14. The number of nitrogens with zero attached hydrogens (tertiary/aromatic N) is 3. The quantitative estimate of drug-likeness (QED) is 0.748. The third-order valence-corrected chi connectivity index (χ3v) is 3.81. The van der Waals surface area contributed by atoms with E-state index in [-0.39, 0.29) is 6.03 Å². The van der Waals surface area contributed by atoms with Gasteiger partial charge in [-0.3, -0.25) is 9.97 Å². The first-order valence-electron chi connectivity index (χ1n) is 8.20. The molecule has 0 radical (unpaired) electrons. The van der Waals surface area contributed by atoms with Crippen LogP contribution in [0.15, 0.2) is 79.4 Å². The van der Waals surface area contributed by atoms with E-state index in [0.29, 0.717) is 18.8 Å². The van der Waals surface area contributed by atoms with Gasteiger partial charge in [0.25, 0.3) is 0 Å². The van der Waals surface area contributed by atoms with Crippen molar-refractivity contribution in [1.82, 2.24) is 14.9 Å². The van der Waals surface area contributed by atoms with Crippen LogP contribution >= 0.6 is 0 Å². The normalized spacial score (nSPS) is 10.2. The Labute approximate surface area is 147 Å². The Morgan fingerprint density at radius 3 is 2.28 bits per heavy atom. The van der Waals surface area contributed by atoms with Crippen molar-refractivity contribution in [3.05, 3.63) is 90.5 Å². The average Bonchev–Trinajstić information content (AvgIpc) is 2.67. The number of amides is 2. The maximum atomic E-state index is 12.7. The van der Waals surface area contributed by atoms with E-state index < -0.39 is 0 Å². The van der Waals surface area contributed by atoms with Gasteiger partial charge in [0.15, 0.2) is 0 Å². The van der Waals surface area contributed by atoms with Crippen LogP contribution in [0.2, 0.25) is 0 Å². The monoisotopic (exact) mass is 332 g/mol. The van der Waals surface area contributed by atoms with Crippen LogP contribution in [0.4, 0.5) is 10.5 Å². The zero-order valence-corrected chi connectivity index (χ0v) is 13.9. The number of hydrogen-bond acceptors (Lipinski definition) is 3. The van der Waals surface area contributed by atoms with E-state index in [9.17, 15) is 4.79 Å². The van der Waals surface area contributed by atoms with Crippen LogP contribution in [-0.4, -0.2) is 27.4 Å². The Morgan fingerprint density at radius 2 is 1.60 bits per heavy atom. The minimum absolute atomic E-state index is 0.146. The first-order valence-corrected chi connectivity index (χ1v) is 8.20. The van der Waals surface area contributed by atoms with Gasteiger partial charge in [-0.2, -0.15) is 0 Å². The molecule has 0 atom stereocenters. The van der Waals surface area contributed by atoms with Crippen LogP contribution in [0.5, 0.6) is 0 Å². The van der Waals surface area contributed by atoms with Gasteiger partial charge in [-0.25, -0.2) is 4.79 Å². The Bertz CT molecular complexity index is 779. The van der Waals surface area contributed by atoms with Gasteiger partial charge >= 0.3 is 6.03 Å². The van der Waals surface area contributed by atoms with Gasteiger partial charge in [0, 0.05) is 31.7 Å². The summed E-state index contributed by atoms with van der Waals surface area (Å²) in [6.07, 6.45) is 7.62. The molecular weight excluding hydrogens is 312 g/mol. The fraction of sp³-hybridized carbons (Fsp3) is 0.150. The molecule has 2 aromatic heterocycles. The predicted molar refractivity (Wildman–Crippen MR) is 98.0 cm³/mol. The summed E-state index contributed by atoms with van der Waals surface area (Å²) in [7, 11) is 0. The highest BCUT2D eigenvalue weighted by atomic mass is 16.2. The molecule has 0 spiro atoms. The summed E-state index contributed by atoms with van der Waals surface area (Å²) in [4.78, 5) is 22.7. The molecule has 0 unspecified atom stereocenters. The number of anilines is 1. The number of pyridine rings is 2. The van der Waals surface area contributed by atoms with Gasteiger partial charge in [-0.05, 0) is 35.7 Å². The molecule has 1 aromatic carbocycles. The first-order chi connectivity index (χ1) is 12.3. The van der Waals surface area contributed by atoms with Gasteiger partial charge < -0.3 is 10.2 Å². The molecule has 0 aliphatic carbocycles. The van der Waals surface area contributed by atoms with Crippen LogP contribution < -0.4 is 5.32 Å². The van der Waals surface area contributed by atoms with Gasteiger partial charge in [-0.1, -0.05) is 36.4 Å². The zero-order chi connectivity index (χ0) is 17.3. The maximum Gasteiger partial charge on any atom is 0.322 e. The Balaban J connectivity index is 1.70. The Morgan fingerprint density at radius 1 is 0.880 bits per heavy atom. The molecule has 0 aliphatic rings. The largest absolute Gasteiger partial charge is 0.322 e. The second kappa shape index (κ2) is 8.59. The van der Waals surface area contributed by atoms with Crippen LogP contribution in [-0.2, 0) is 13.0 Å². The lowest BCUT2D eigenvalue weighted by molar-refractivity contribution is 0.209. The minimum atomic E-state index is -0.146. The second-order valence-corrected chi connectivity index (χ2v) is 5.69. The topological polar surface area (TPSA) is 58.1 Å². The molecule has 0 saturated heterocycles. The van der Waals surface area contributed by atoms with Gasteiger partial charge in [0.2, 0.25) is 0 Å². The molecule has 0 aliphatic heterocycles. The summed E-state index contributed by atoms with van der Waals surface area (Å²) in [6.45, 7) is 1.12. The number of benzene rings is 1. The van der Waals surface area contributed by atoms with E-state index in [2.05, 4.69) is 27.4 Å². The number of urea groups is 1. The van der Waals surface area contributed by atoms with Crippen LogP contribution in [0.3, 0.4) is 0 Å². The Kier molecular flexibility index (Phi) is 5.72. The van der Waals surface area contributed by atoms with E-state index in [1.807, 2.05) is 36.4 Å². The lowest BCUT2D eigenvalue weighted by Gasteiger charge is -2.23. The van der Waals surface area contributed by atoms with E-state index >= 15 is 0 Å². The molecule has 2 amide bonds. The molecule has 0 fully saturated rings. The standard InChI is InChI=1S/C20H20N4O/c25-20(23-19-9-5-12-22-15-19)24(16-18-8-4-11-21-14-18)13-10-17-6-2-1-3-7-17/h1-9,11-12,14-15H,10,13,16H2,(H,23,25). The molecule has 0 bridgehead atoms. The lowest BCUT2D eigenvalue weighted by Crippen LogP contribution is -2.36. The summed E-state index contributed by atoms with van der Waals surface area (Å²) in [6, 6.07) is 17.5. The van der Waals surface area contributed by atoms with Crippen molar-refractivity contribution in [2.75, 3.05) is 11.9 Å². The average molecular weight is 332 g/mol. The molecule has 126 valence electrons. The van der Waals surface area contributed by atoms with Gasteiger partial charge in [0.1, 0.15) is 0 Å². The summed E-state index contributed by atoms with van der Waals surface area (Å²) in [5, 5.41) is 2.90. The fourth-order valence-corrected chi connectivity index (χ4v) is 2.51. The molecular formula is C20H20N4O. The summed E-state index contributed by atoms with van der Waals surface area (Å²) < 4.78 is 0. The van der Waals surface area contributed by atoms with Gasteiger partial charge in [0.05, 0.1) is 11.9 Å². The van der Waals surface area contributed by atoms with Crippen molar-refractivity contribution in [2.45, 2.75) is 13.0 Å². The van der Waals surface area contributed by atoms with E-state index in [1.165, 1.54) is 5.56 Å². The molecule has 3 aromatic rings. The highest BCUT2D eigenvalue weighted by Gasteiger charge is 2.14. The second-order valence-electron chi connectivity index (χ2n) is 5.69. The number of rotatable bonds is 6. The third-order valence-electron chi connectivity index (χ3n) is 3.81. The van der Waals surface area contributed by atoms with Crippen molar-refractivity contribution in [2.24, 2.45) is 0 Å². The molecule has 1 N–H and O–H groups in total. The number of hydrogen-bond donors (Lipinski definition) is 1. The zero-order valence-electron chi connectivity index (χ0n) is 13.9. The maximum absolute atomic E-state index is 12.7. The summed E-state index contributed by atoms with van der Waals surface area (Å²) in [5.41, 5.74) is 2.88. The fourth-order valence-electron chi connectivity index (χ4n) is 2.51. The van der Waals surface area contributed by atoms with Crippen molar-refractivity contribution < 1.29 is 4.79 Å². The smallest absolute Gasteiger partial charge is 0.320 e. The number of nitrogens with one attached hydrogen (secondary N) is 1. The van der Waals surface area contributed by atoms with E-state index in [0.717, 1.165) is 12.0 Å². The summed E-state index contributed by atoms with van der Waals surface area (Å²) >= 11 is 0. The Hall–Kier alpha value is -3.21. The lowest BCUT2D eigenvalue weighted by atomic mass is 10.1. The minimum Gasteiger partial charge on any atom is -0.320 e. The first kappa shape index (κ1) is 16.6. The highest BCUT2D eigenvalue weighted by molar-refractivity contribution is 5.89. The molecule has 25 heavy (non-hydrogen) atoms. The molecule has 2 heterocycles. The van der Waals surface area contributed by atoms with Crippen molar-refractivity contribution >= 4 is 11.7 Å².